The van der Waals surface area contributed by atoms with Crippen LogP contribution in [-0.2, 0) is 4.79 Å². The van der Waals surface area contributed by atoms with Crippen molar-refractivity contribution >= 4 is 41.1 Å². The van der Waals surface area contributed by atoms with Gasteiger partial charge in [-0.05, 0) is 48.4 Å². The number of anilines is 1. The van der Waals surface area contributed by atoms with E-state index in [-0.39, 0.29) is 11.7 Å². The van der Waals surface area contributed by atoms with Gasteiger partial charge in [-0.1, -0.05) is 23.2 Å². The molecule has 0 bridgehead atoms. The number of nitriles is 1. The summed E-state index contributed by atoms with van der Waals surface area (Å²) >= 11 is 12.5. The molecule has 1 aliphatic rings. The minimum Gasteiger partial charge on any atom is -0.485 e. The summed E-state index contributed by atoms with van der Waals surface area (Å²) in [5.74, 6) is -0.0235. The van der Waals surface area contributed by atoms with Crippen LogP contribution < -0.4 is 9.64 Å². The molecule has 0 amide bonds. The van der Waals surface area contributed by atoms with E-state index >= 15 is 0 Å². The number of rotatable bonds is 5. The van der Waals surface area contributed by atoms with Gasteiger partial charge in [-0.2, -0.15) is 5.26 Å². The Labute approximate surface area is 172 Å². The number of carboxylic acid groups (broad SMARTS) is 1. The van der Waals surface area contributed by atoms with Gasteiger partial charge in [0.25, 0.3) is 0 Å². The lowest BCUT2D eigenvalue weighted by Gasteiger charge is -2.19. The van der Waals surface area contributed by atoms with E-state index in [4.69, 9.17) is 38.3 Å². The van der Waals surface area contributed by atoms with Crippen LogP contribution in [0.25, 0.3) is 6.08 Å². The lowest BCUT2D eigenvalue weighted by molar-refractivity contribution is -0.132. The first-order valence-corrected chi connectivity index (χ1v) is 9.31. The Morgan fingerprint density at radius 3 is 2.68 bits per heavy atom. The molecule has 0 unspecified atom stereocenters. The number of benzene rings is 1. The van der Waals surface area contributed by atoms with Crippen LogP contribution in [0.4, 0.5) is 5.82 Å². The van der Waals surface area contributed by atoms with E-state index in [2.05, 4.69) is 9.88 Å². The van der Waals surface area contributed by atoms with Crippen molar-refractivity contribution in [2.75, 3.05) is 18.0 Å². The highest BCUT2D eigenvalue weighted by Crippen LogP contribution is 2.36. The largest absolute Gasteiger partial charge is 0.485 e. The maximum absolute atomic E-state index is 10.9. The Kier molecular flexibility index (Phi) is 6.08. The molecule has 0 aliphatic carbocycles. The molecule has 0 radical (unpaired) electrons. The highest BCUT2D eigenvalue weighted by molar-refractivity contribution is 6.37. The predicted octanol–water partition coefficient (Wildman–Crippen LogP) is 4.35. The van der Waals surface area contributed by atoms with Gasteiger partial charge >= 0.3 is 5.97 Å². The maximum Gasteiger partial charge on any atom is 0.346 e. The van der Waals surface area contributed by atoms with Crippen LogP contribution in [0.2, 0.25) is 10.0 Å². The fourth-order valence-electron chi connectivity index (χ4n) is 2.98. The minimum atomic E-state index is -1.26. The molecular formula is C20H17Cl2N3O3. The number of carbonyl (C=O) groups is 1. The number of hydrogen-bond acceptors (Lipinski definition) is 5. The molecule has 1 aliphatic heterocycles. The molecule has 1 N–H and O–H groups in total. The monoisotopic (exact) mass is 417 g/mol. The summed E-state index contributed by atoms with van der Waals surface area (Å²) in [5, 5.41) is 18.7. The van der Waals surface area contributed by atoms with Gasteiger partial charge in [0.05, 0.1) is 16.6 Å². The smallest absolute Gasteiger partial charge is 0.346 e. The van der Waals surface area contributed by atoms with E-state index in [1.54, 1.807) is 18.2 Å². The Balaban J connectivity index is 1.68. The Bertz CT molecular complexity index is 945. The van der Waals surface area contributed by atoms with Crippen LogP contribution in [0.3, 0.4) is 0 Å². The number of halogens is 2. The van der Waals surface area contributed by atoms with E-state index in [1.165, 1.54) is 12.3 Å². The van der Waals surface area contributed by atoms with Crippen LogP contribution >= 0.6 is 23.2 Å². The molecular weight excluding hydrogens is 401 g/mol. The van der Waals surface area contributed by atoms with E-state index in [0.717, 1.165) is 24.3 Å². The van der Waals surface area contributed by atoms with Gasteiger partial charge in [0.15, 0.2) is 5.75 Å². The van der Waals surface area contributed by atoms with Crippen molar-refractivity contribution in [3.63, 3.8) is 0 Å². The first-order chi connectivity index (χ1) is 13.4. The molecule has 1 fully saturated rings. The molecule has 28 heavy (non-hydrogen) atoms. The zero-order valence-electron chi connectivity index (χ0n) is 15.0. The number of aliphatic carboxylic acids is 1. The van der Waals surface area contributed by atoms with E-state index in [9.17, 15) is 4.79 Å². The first kappa shape index (κ1) is 20.0. The molecule has 1 saturated heterocycles. The standard InChI is InChI=1S/C20H17Cl2N3O3/c1-12-6-16(21)19(17(22)7-12)28-15-4-5-25(11-15)18-3-2-13(10-24-18)8-14(9-23)20(26)27/h2-3,6-8,10,15H,4-5,11H2,1H3,(H,26,27)/t15-/m1/s1. The highest BCUT2D eigenvalue weighted by Gasteiger charge is 2.26. The number of carboxylic acids is 1. The number of nitrogens with zero attached hydrogens (tertiary/aromatic N) is 3. The summed E-state index contributed by atoms with van der Waals surface area (Å²) < 4.78 is 6.02. The number of pyridine rings is 1. The summed E-state index contributed by atoms with van der Waals surface area (Å²) in [6, 6.07) is 8.79. The maximum atomic E-state index is 10.9. The molecule has 3 rings (SSSR count). The van der Waals surface area contributed by atoms with E-state index < -0.39 is 5.97 Å². The lowest BCUT2D eigenvalue weighted by Crippen LogP contribution is -2.25. The summed E-state index contributed by atoms with van der Waals surface area (Å²) in [4.78, 5) is 17.3. The Hall–Kier alpha value is -2.75. The number of hydrogen-bond donors (Lipinski definition) is 1. The van der Waals surface area contributed by atoms with Crippen molar-refractivity contribution in [3.05, 3.63) is 57.2 Å². The third kappa shape index (κ3) is 4.56. The van der Waals surface area contributed by atoms with Crippen molar-refractivity contribution in [2.45, 2.75) is 19.4 Å². The van der Waals surface area contributed by atoms with Crippen LogP contribution in [0, 0.1) is 18.3 Å². The molecule has 1 aromatic heterocycles. The van der Waals surface area contributed by atoms with E-state index in [0.29, 0.717) is 27.9 Å². The quantitative estimate of drug-likeness (QED) is 0.574. The fraction of sp³-hybridized carbons (Fsp3) is 0.250. The predicted molar refractivity (Wildman–Crippen MR) is 108 cm³/mol. The van der Waals surface area contributed by atoms with Crippen LogP contribution in [-0.4, -0.2) is 35.3 Å². The van der Waals surface area contributed by atoms with Gasteiger partial charge in [0, 0.05) is 19.2 Å². The molecule has 0 spiro atoms. The molecule has 0 saturated carbocycles. The van der Waals surface area contributed by atoms with Gasteiger partial charge in [0.1, 0.15) is 23.6 Å². The summed E-state index contributed by atoms with van der Waals surface area (Å²) in [7, 11) is 0. The molecule has 8 heteroatoms. The highest BCUT2D eigenvalue weighted by atomic mass is 35.5. The minimum absolute atomic E-state index is 0.0729. The van der Waals surface area contributed by atoms with Crippen molar-refractivity contribution in [1.29, 1.82) is 5.26 Å². The average molecular weight is 418 g/mol. The summed E-state index contributed by atoms with van der Waals surface area (Å²) in [5.41, 5.74) is 1.18. The van der Waals surface area contributed by atoms with Crippen LogP contribution in [0.1, 0.15) is 17.5 Å². The number of ether oxygens (including phenoxy) is 1. The molecule has 2 aromatic rings. The van der Waals surface area contributed by atoms with Crippen molar-refractivity contribution < 1.29 is 14.6 Å². The molecule has 6 nitrogen and oxygen atoms in total. The second kappa shape index (κ2) is 8.51. The number of aromatic nitrogens is 1. The number of aryl methyl sites for hydroxylation is 1. The average Bonchev–Trinajstić information content (AvgIpc) is 3.11. The molecule has 2 heterocycles. The van der Waals surface area contributed by atoms with Gasteiger partial charge in [0.2, 0.25) is 0 Å². The van der Waals surface area contributed by atoms with Gasteiger partial charge in [-0.25, -0.2) is 9.78 Å². The molecule has 1 aromatic carbocycles. The normalized spacial score (nSPS) is 16.7. The molecule has 1 atom stereocenters. The van der Waals surface area contributed by atoms with Crippen molar-refractivity contribution in [3.8, 4) is 11.8 Å². The third-order valence-electron chi connectivity index (χ3n) is 4.33. The second-order valence-corrected chi connectivity index (χ2v) is 7.27. The summed E-state index contributed by atoms with van der Waals surface area (Å²) in [6.07, 6.45) is 3.55. The summed E-state index contributed by atoms with van der Waals surface area (Å²) in [6.45, 7) is 3.30. The Morgan fingerprint density at radius 2 is 2.11 bits per heavy atom. The van der Waals surface area contributed by atoms with Crippen LogP contribution in [0.5, 0.6) is 5.75 Å². The zero-order valence-corrected chi connectivity index (χ0v) is 16.5. The zero-order chi connectivity index (χ0) is 20.3. The topological polar surface area (TPSA) is 86.5 Å². The van der Waals surface area contributed by atoms with Crippen molar-refractivity contribution in [1.82, 2.24) is 4.98 Å². The first-order valence-electron chi connectivity index (χ1n) is 8.55. The Morgan fingerprint density at radius 1 is 1.39 bits per heavy atom. The van der Waals surface area contributed by atoms with Crippen LogP contribution in [0.15, 0.2) is 36.0 Å². The fourth-order valence-corrected chi connectivity index (χ4v) is 3.66. The SMILES string of the molecule is Cc1cc(Cl)c(O[C@@H]2CCN(c3ccc(C=C(C#N)C(=O)O)cn3)C2)c(Cl)c1. The third-order valence-corrected chi connectivity index (χ3v) is 4.89. The van der Waals surface area contributed by atoms with E-state index in [1.807, 2.05) is 19.1 Å². The van der Waals surface area contributed by atoms with Gasteiger partial charge in [-0.3, -0.25) is 0 Å². The van der Waals surface area contributed by atoms with Gasteiger partial charge < -0.3 is 14.7 Å². The second-order valence-electron chi connectivity index (χ2n) is 6.46. The molecule has 144 valence electrons. The van der Waals surface area contributed by atoms with Crippen molar-refractivity contribution in [2.24, 2.45) is 0 Å². The lowest BCUT2D eigenvalue weighted by atomic mass is 10.2. The van der Waals surface area contributed by atoms with Gasteiger partial charge in [-0.15, -0.1) is 0 Å².